The zero-order valence-electron chi connectivity index (χ0n) is 23.7. The highest BCUT2D eigenvalue weighted by Crippen LogP contribution is 2.60. The third kappa shape index (κ3) is 2.65. The lowest BCUT2D eigenvalue weighted by atomic mass is 9.63. The Kier molecular flexibility index (Phi) is 4.17. The van der Waals surface area contributed by atoms with Gasteiger partial charge in [0.05, 0.1) is 16.7 Å². The van der Waals surface area contributed by atoms with Gasteiger partial charge in [-0.1, -0.05) is 123 Å². The Morgan fingerprint density at radius 1 is 0.714 bits per heavy atom. The van der Waals surface area contributed by atoms with E-state index in [0.717, 1.165) is 0 Å². The Labute approximate surface area is 245 Å². The fourth-order valence-electron chi connectivity index (χ4n) is 8.75. The number of hydrogen-bond acceptors (Lipinski definition) is 0. The predicted molar refractivity (Wildman–Crippen MR) is 177 cm³/mol. The summed E-state index contributed by atoms with van der Waals surface area (Å²) in [6, 6.07) is 36.0. The van der Waals surface area contributed by atoms with Crippen LogP contribution in [-0.2, 0) is 5.41 Å². The van der Waals surface area contributed by atoms with Gasteiger partial charge in [-0.15, -0.1) is 0 Å². The Balaban J connectivity index is 1.29. The first-order valence-electron chi connectivity index (χ1n) is 15.1. The van der Waals surface area contributed by atoms with E-state index in [2.05, 4.69) is 146 Å². The number of hydrogen-bond donors (Lipinski definition) is 0. The van der Waals surface area contributed by atoms with Crippen molar-refractivity contribution in [3.63, 3.8) is 0 Å². The molecule has 1 heteroatoms. The molecule has 198 valence electrons. The zero-order chi connectivity index (χ0) is 27.7. The van der Waals surface area contributed by atoms with Crippen molar-refractivity contribution in [3.05, 3.63) is 154 Å². The van der Waals surface area contributed by atoms with Crippen molar-refractivity contribution in [2.24, 2.45) is 5.92 Å². The van der Waals surface area contributed by atoms with E-state index in [-0.39, 0.29) is 5.41 Å². The first kappa shape index (κ1) is 22.8. The van der Waals surface area contributed by atoms with Gasteiger partial charge in [-0.05, 0) is 68.1 Å². The predicted octanol–water partition coefficient (Wildman–Crippen LogP) is 10.4. The summed E-state index contributed by atoms with van der Waals surface area (Å²) in [6.45, 7) is 4.80. The Bertz CT molecular complexity index is 2330. The van der Waals surface area contributed by atoms with E-state index < -0.39 is 0 Å². The number of allylic oxidation sites excluding steroid dienone is 6. The molecule has 10 rings (SSSR count). The minimum absolute atomic E-state index is 0.0158. The van der Waals surface area contributed by atoms with Crippen LogP contribution in [0.4, 0.5) is 0 Å². The second-order valence-electron chi connectivity index (χ2n) is 12.9. The molecule has 0 amide bonds. The van der Waals surface area contributed by atoms with Crippen molar-refractivity contribution < 1.29 is 0 Å². The maximum Gasteiger partial charge on any atom is 0.0553 e. The Morgan fingerprint density at radius 2 is 1.50 bits per heavy atom. The van der Waals surface area contributed by atoms with Gasteiger partial charge in [0.25, 0.3) is 0 Å². The van der Waals surface area contributed by atoms with Crippen molar-refractivity contribution in [1.82, 2.24) is 4.57 Å². The van der Waals surface area contributed by atoms with Gasteiger partial charge in [-0.3, -0.25) is 0 Å². The highest BCUT2D eigenvalue weighted by molar-refractivity contribution is 6.15. The Hall–Kier alpha value is -4.88. The second kappa shape index (κ2) is 7.69. The molecule has 4 aliphatic carbocycles. The van der Waals surface area contributed by atoms with E-state index in [9.17, 15) is 0 Å². The molecule has 5 aromatic carbocycles. The topological polar surface area (TPSA) is 4.93 Å². The summed E-state index contributed by atoms with van der Waals surface area (Å²) in [5.74, 6) is 0.692. The van der Waals surface area contributed by atoms with E-state index in [1.807, 2.05) is 0 Å². The lowest BCUT2D eigenvalue weighted by Crippen LogP contribution is -2.26. The lowest BCUT2D eigenvalue weighted by Gasteiger charge is -2.40. The summed E-state index contributed by atoms with van der Waals surface area (Å²) in [5, 5.41) is 5.24. The van der Waals surface area contributed by atoms with Crippen LogP contribution in [0, 0.1) is 5.92 Å². The van der Waals surface area contributed by atoms with Gasteiger partial charge in [0, 0.05) is 33.4 Å². The van der Waals surface area contributed by atoms with Crippen molar-refractivity contribution in [1.29, 1.82) is 0 Å². The zero-order valence-corrected chi connectivity index (χ0v) is 23.7. The molecule has 0 radical (unpaired) electrons. The molecule has 0 saturated carbocycles. The van der Waals surface area contributed by atoms with E-state index in [1.165, 1.54) is 82.8 Å². The first-order chi connectivity index (χ1) is 20.6. The standard InChI is InChI=1S/C41H29N/c1-41(2)32-15-7-5-13-28(32)39-30-20-19-26-23-36-40(31-21-18-25(22-33(39)41)37(30)38(26)31)29-14-6-8-16-35(29)42(36)34-17-9-11-24-10-3-4-12-27(24)34/h3-23,30,37H,1-2H3. The normalized spacial score (nSPS) is 20.7. The summed E-state index contributed by atoms with van der Waals surface area (Å²) in [6.07, 6.45) is 12.3. The van der Waals surface area contributed by atoms with Gasteiger partial charge in [0.15, 0.2) is 0 Å². The molecule has 0 spiro atoms. The number of rotatable bonds is 1. The first-order valence-corrected chi connectivity index (χ1v) is 15.1. The van der Waals surface area contributed by atoms with Crippen LogP contribution in [0.1, 0.15) is 47.6 Å². The number of para-hydroxylation sites is 1. The van der Waals surface area contributed by atoms with E-state index in [1.54, 1.807) is 0 Å². The monoisotopic (exact) mass is 535 g/mol. The second-order valence-corrected chi connectivity index (χ2v) is 12.9. The fourth-order valence-corrected chi connectivity index (χ4v) is 8.75. The van der Waals surface area contributed by atoms with E-state index in [0.29, 0.717) is 11.8 Å². The SMILES string of the molecule is CC1(C)C2=C(c3ccccc31)C1C=Cc3cc4c(c5c3C1C(=C2)C=C5)c1ccccc1n4-c1cccc2ccccc12. The Morgan fingerprint density at radius 3 is 2.43 bits per heavy atom. The van der Waals surface area contributed by atoms with Gasteiger partial charge in [-0.25, -0.2) is 0 Å². The van der Waals surface area contributed by atoms with Crippen LogP contribution < -0.4 is 0 Å². The van der Waals surface area contributed by atoms with Gasteiger partial charge in [-0.2, -0.15) is 0 Å². The molecule has 4 aliphatic rings. The van der Waals surface area contributed by atoms with Crippen molar-refractivity contribution in [2.45, 2.75) is 25.2 Å². The molecule has 0 N–H and O–H groups in total. The van der Waals surface area contributed by atoms with Crippen LogP contribution >= 0.6 is 0 Å². The smallest absolute Gasteiger partial charge is 0.0553 e. The quantitative estimate of drug-likeness (QED) is 0.197. The molecular formula is C41H29N. The van der Waals surface area contributed by atoms with Crippen LogP contribution in [0.3, 0.4) is 0 Å². The van der Waals surface area contributed by atoms with Gasteiger partial charge < -0.3 is 4.57 Å². The molecule has 1 heterocycles. The number of fused-ring (bicyclic) bond motifs is 8. The molecule has 0 saturated heterocycles. The van der Waals surface area contributed by atoms with Crippen molar-refractivity contribution in [3.8, 4) is 5.69 Å². The van der Waals surface area contributed by atoms with Gasteiger partial charge >= 0.3 is 0 Å². The summed E-state index contributed by atoms with van der Waals surface area (Å²) < 4.78 is 2.50. The fraction of sp³-hybridized carbons (Fsp3) is 0.122. The van der Waals surface area contributed by atoms with Crippen LogP contribution in [0.2, 0.25) is 0 Å². The highest BCUT2D eigenvalue weighted by Gasteiger charge is 2.46. The van der Waals surface area contributed by atoms with E-state index >= 15 is 0 Å². The van der Waals surface area contributed by atoms with Gasteiger partial charge in [0.2, 0.25) is 0 Å². The molecule has 0 aliphatic heterocycles. The third-order valence-corrected chi connectivity index (χ3v) is 10.5. The average Bonchev–Trinajstić information content (AvgIpc) is 3.48. The average molecular weight is 536 g/mol. The highest BCUT2D eigenvalue weighted by atomic mass is 15.0. The van der Waals surface area contributed by atoms with Crippen molar-refractivity contribution in [2.75, 3.05) is 0 Å². The largest absolute Gasteiger partial charge is 0.309 e. The molecular weight excluding hydrogens is 506 g/mol. The summed E-state index contributed by atoms with van der Waals surface area (Å²) in [5.41, 5.74) is 15.4. The van der Waals surface area contributed by atoms with Crippen LogP contribution in [0.15, 0.2) is 126 Å². The molecule has 1 aromatic heterocycles. The molecule has 42 heavy (non-hydrogen) atoms. The van der Waals surface area contributed by atoms with Gasteiger partial charge in [0.1, 0.15) is 0 Å². The number of nitrogens with zero attached hydrogens (tertiary/aromatic N) is 1. The maximum atomic E-state index is 2.53. The van der Waals surface area contributed by atoms with Crippen LogP contribution in [0.5, 0.6) is 0 Å². The molecule has 1 nitrogen and oxygen atoms in total. The summed E-state index contributed by atoms with van der Waals surface area (Å²) >= 11 is 0. The van der Waals surface area contributed by atoms with Crippen molar-refractivity contribution >= 4 is 50.3 Å². The molecule has 6 aromatic rings. The molecule has 2 unspecified atom stereocenters. The minimum Gasteiger partial charge on any atom is -0.309 e. The van der Waals surface area contributed by atoms with Crippen LogP contribution in [0.25, 0.3) is 56.0 Å². The lowest BCUT2D eigenvalue weighted by molar-refractivity contribution is 0.628. The van der Waals surface area contributed by atoms with Crippen LogP contribution in [-0.4, -0.2) is 4.57 Å². The summed E-state index contributed by atoms with van der Waals surface area (Å²) in [4.78, 5) is 0. The molecule has 0 fully saturated rings. The number of aromatic nitrogens is 1. The minimum atomic E-state index is 0.0158. The molecule has 0 bridgehead atoms. The third-order valence-electron chi connectivity index (χ3n) is 10.5. The maximum absolute atomic E-state index is 2.53. The number of benzene rings is 5. The van der Waals surface area contributed by atoms with E-state index in [4.69, 9.17) is 0 Å². The summed E-state index contributed by atoms with van der Waals surface area (Å²) in [7, 11) is 0. The molecule has 2 atom stereocenters.